The first-order chi connectivity index (χ1) is 11.3. The molecule has 6 nitrogen and oxygen atoms in total. The summed E-state index contributed by atoms with van der Waals surface area (Å²) >= 11 is 0. The second-order valence-electron chi connectivity index (χ2n) is 6.38. The fraction of sp³-hybridized carbons (Fsp3) is 0.389. The summed E-state index contributed by atoms with van der Waals surface area (Å²) in [4.78, 5) is 33.0. The highest BCUT2D eigenvalue weighted by Crippen LogP contribution is 2.25. The van der Waals surface area contributed by atoms with E-state index in [4.69, 9.17) is 0 Å². The van der Waals surface area contributed by atoms with Gasteiger partial charge in [0.1, 0.15) is 5.56 Å². The van der Waals surface area contributed by atoms with Crippen molar-refractivity contribution in [3.63, 3.8) is 0 Å². The number of hydrogen-bond acceptors (Lipinski definition) is 4. The molecule has 0 bridgehead atoms. The fourth-order valence-electron chi connectivity index (χ4n) is 2.52. The minimum Gasteiger partial charge on any atom is -0.361 e. The monoisotopic (exact) mass is 328 g/mol. The SMILES string of the molecule is CC(C)Cn1cccc(C(=O)N(C)c2cccnc2N(C)C)c1=O. The lowest BCUT2D eigenvalue weighted by Gasteiger charge is -2.23. The summed E-state index contributed by atoms with van der Waals surface area (Å²) in [5, 5.41) is 0. The maximum Gasteiger partial charge on any atom is 0.263 e. The van der Waals surface area contributed by atoms with Crippen molar-refractivity contribution in [2.75, 3.05) is 30.9 Å². The van der Waals surface area contributed by atoms with Crippen LogP contribution in [0.1, 0.15) is 24.2 Å². The van der Waals surface area contributed by atoms with Crippen LogP contribution < -0.4 is 15.4 Å². The van der Waals surface area contributed by atoms with Crippen LogP contribution >= 0.6 is 0 Å². The Morgan fingerprint density at radius 3 is 2.54 bits per heavy atom. The summed E-state index contributed by atoms with van der Waals surface area (Å²) in [7, 11) is 5.39. The molecule has 0 saturated carbocycles. The highest BCUT2D eigenvalue weighted by atomic mass is 16.2. The number of hydrogen-bond donors (Lipinski definition) is 0. The highest BCUT2D eigenvalue weighted by Gasteiger charge is 2.21. The van der Waals surface area contributed by atoms with Gasteiger partial charge in [0.2, 0.25) is 0 Å². The molecule has 0 unspecified atom stereocenters. The number of carbonyl (C=O) groups is 1. The third-order valence-electron chi connectivity index (χ3n) is 3.67. The van der Waals surface area contributed by atoms with Gasteiger partial charge in [-0.05, 0) is 30.2 Å². The molecule has 0 aliphatic heterocycles. The van der Waals surface area contributed by atoms with E-state index >= 15 is 0 Å². The van der Waals surface area contributed by atoms with E-state index in [1.165, 1.54) is 4.90 Å². The van der Waals surface area contributed by atoms with E-state index in [0.29, 0.717) is 24.0 Å². The van der Waals surface area contributed by atoms with Crippen LogP contribution in [0.5, 0.6) is 0 Å². The van der Waals surface area contributed by atoms with E-state index in [-0.39, 0.29) is 17.0 Å². The molecule has 0 aliphatic carbocycles. The van der Waals surface area contributed by atoms with Gasteiger partial charge in [-0.2, -0.15) is 0 Å². The van der Waals surface area contributed by atoms with Crippen LogP contribution in [-0.2, 0) is 6.54 Å². The van der Waals surface area contributed by atoms with Gasteiger partial charge in [0, 0.05) is 40.1 Å². The van der Waals surface area contributed by atoms with Gasteiger partial charge in [0.15, 0.2) is 5.82 Å². The molecule has 2 rings (SSSR count). The van der Waals surface area contributed by atoms with Crippen molar-refractivity contribution < 1.29 is 4.79 Å². The largest absolute Gasteiger partial charge is 0.361 e. The molecule has 0 spiro atoms. The topological polar surface area (TPSA) is 58.4 Å². The summed E-state index contributed by atoms with van der Waals surface area (Å²) in [5.41, 5.74) is 0.554. The van der Waals surface area contributed by atoms with Crippen molar-refractivity contribution in [2.24, 2.45) is 5.92 Å². The molecule has 128 valence electrons. The van der Waals surface area contributed by atoms with Gasteiger partial charge in [0.25, 0.3) is 11.5 Å². The molecule has 24 heavy (non-hydrogen) atoms. The Kier molecular flexibility index (Phi) is 5.39. The Morgan fingerprint density at radius 1 is 1.21 bits per heavy atom. The standard InChI is InChI=1S/C18H24N4O2/c1-13(2)12-22-11-7-8-14(18(22)24)17(23)21(5)15-9-6-10-19-16(15)20(3)4/h6-11,13H,12H2,1-5H3. The predicted molar refractivity (Wildman–Crippen MR) is 96.8 cm³/mol. The quantitative estimate of drug-likeness (QED) is 0.844. The van der Waals surface area contributed by atoms with Gasteiger partial charge in [-0.25, -0.2) is 4.98 Å². The van der Waals surface area contributed by atoms with E-state index in [1.807, 2.05) is 38.9 Å². The maximum absolute atomic E-state index is 12.8. The zero-order valence-corrected chi connectivity index (χ0v) is 14.9. The molecular formula is C18H24N4O2. The predicted octanol–water partition coefficient (Wildman–Crippen LogP) is 2.24. The van der Waals surface area contributed by atoms with Crippen molar-refractivity contribution in [1.82, 2.24) is 9.55 Å². The maximum atomic E-state index is 12.8. The lowest BCUT2D eigenvalue weighted by molar-refractivity contribution is 0.0991. The van der Waals surface area contributed by atoms with Gasteiger partial charge < -0.3 is 14.4 Å². The summed E-state index contributed by atoms with van der Waals surface area (Å²) in [6.07, 6.45) is 3.39. The molecule has 0 fully saturated rings. The summed E-state index contributed by atoms with van der Waals surface area (Å²) in [6, 6.07) is 6.90. The van der Waals surface area contributed by atoms with Crippen molar-refractivity contribution in [3.05, 3.63) is 52.6 Å². The van der Waals surface area contributed by atoms with Crippen LogP contribution in [0.4, 0.5) is 11.5 Å². The zero-order chi connectivity index (χ0) is 17.9. The minimum absolute atomic E-state index is 0.161. The molecular weight excluding hydrogens is 304 g/mol. The van der Waals surface area contributed by atoms with Gasteiger partial charge in [-0.15, -0.1) is 0 Å². The average Bonchev–Trinajstić information content (AvgIpc) is 2.55. The van der Waals surface area contributed by atoms with Crippen LogP contribution in [-0.4, -0.2) is 36.6 Å². The Bertz CT molecular complexity index is 781. The van der Waals surface area contributed by atoms with Crippen LogP contribution in [0.2, 0.25) is 0 Å². The molecule has 2 aromatic heterocycles. The molecule has 0 aliphatic rings. The van der Waals surface area contributed by atoms with Gasteiger partial charge >= 0.3 is 0 Å². The molecule has 0 atom stereocenters. The number of anilines is 2. The van der Waals surface area contributed by atoms with Crippen LogP contribution in [0.3, 0.4) is 0 Å². The Morgan fingerprint density at radius 2 is 1.92 bits per heavy atom. The second-order valence-corrected chi connectivity index (χ2v) is 6.38. The summed E-state index contributed by atoms with van der Waals surface area (Å²) in [6.45, 7) is 4.65. The van der Waals surface area contributed by atoms with E-state index in [2.05, 4.69) is 4.98 Å². The van der Waals surface area contributed by atoms with Crippen LogP contribution in [0, 0.1) is 5.92 Å². The zero-order valence-electron chi connectivity index (χ0n) is 14.9. The first-order valence-electron chi connectivity index (χ1n) is 7.92. The molecule has 1 amide bonds. The van der Waals surface area contributed by atoms with E-state index in [0.717, 1.165) is 0 Å². The fourth-order valence-corrected chi connectivity index (χ4v) is 2.52. The first-order valence-corrected chi connectivity index (χ1v) is 7.92. The average molecular weight is 328 g/mol. The molecule has 0 radical (unpaired) electrons. The Hall–Kier alpha value is -2.63. The molecule has 0 saturated heterocycles. The van der Waals surface area contributed by atoms with Crippen molar-refractivity contribution in [1.29, 1.82) is 0 Å². The summed E-state index contributed by atoms with van der Waals surface area (Å²) < 4.78 is 1.59. The number of amides is 1. The van der Waals surface area contributed by atoms with Crippen molar-refractivity contribution in [2.45, 2.75) is 20.4 Å². The smallest absolute Gasteiger partial charge is 0.263 e. The number of rotatable bonds is 5. The Labute approximate surface area is 142 Å². The number of pyridine rings is 2. The molecule has 2 heterocycles. The summed E-state index contributed by atoms with van der Waals surface area (Å²) in [5.74, 6) is 0.658. The minimum atomic E-state index is -0.339. The lowest BCUT2D eigenvalue weighted by Crippen LogP contribution is -2.35. The Balaban J connectivity index is 2.41. The van der Waals surface area contributed by atoms with E-state index in [1.54, 1.807) is 42.2 Å². The first kappa shape index (κ1) is 17.7. The molecule has 0 aromatic carbocycles. The van der Waals surface area contributed by atoms with Gasteiger partial charge in [-0.3, -0.25) is 9.59 Å². The second kappa shape index (κ2) is 7.29. The third kappa shape index (κ3) is 3.64. The normalized spacial score (nSPS) is 10.8. The van der Waals surface area contributed by atoms with Crippen LogP contribution in [0.25, 0.3) is 0 Å². The number of carbonyl (C=O) groups excluding carboxylic acids is 1. The third-order valence-corrected chi connectivity index (χ3v) is 3.67. The lowest BCUT2D eigenvalue weighted by atomic mass is 10.2. The van der Waals surface area contributed by atoms with E-state index in [9.17, 15) is 9.59 Å². The van der Waals surface area contributed by atoms with Gasteiger partial charge in [-0.1, -0.05) is 13.8 Å². The van der Waals surface area contributed by atoms with Crippen molar-refractivity contribution in [3.8, 4) is 0 Å². The van der Waals surface area contributed by atoms with E-state index < -0.39 is 0 Å². The molecule has 6 heteroatoms. The van der Waals surface area contributed by atoms with Crippen LogP contribution in [0.15, 0.2) is 41.5 Å². The highest BCUT2D eigenvalue weighted by molar-refractivity contribution is 6.06. The molecule has 2 aromatic rings. The van der Waals surface area contributed by atoms with Crippen molar-refractivity contribution >= 4 is 17.4 Å². The number of aromatic nitrogens is 2. The number of nitrogens with zero attached hydrogens (tertiary/aromatic N) is 4. The molecule has 0 N–H and O–H groups in total. The van der Waals surface area contributed by atoms with Gasteiger partial charge in [0.05, 0.1) is 5.69 Å².